The molecule has 18 heavy (non-hydrogen) atoms. The maximum absolute atomic E-state index is 11.3. The maximum atomic E-state index is 11.3. The van der Waals surface area contributed by atoms with Crippen molar-refractivity contribution < 1.29 is 23.7 Å². The molecule has 5 N–H and O–H groups in total. The number of urea groups is 1. The van der Waals surface area contributed by atoms with Gasteiger partial charge < -0.3 is 21.5 Å². The Morgan fingerprint density at radius 2 is 2.00 bits per heavy atom. The number of carbonyl (C=O) groups is 3. The van der Waals surface area contributed by atoms with Gasteiger partial charge in [-0.3, -0.25) is 9.00 Å². The summed E-state index contributed by atoms with van der Waals surface area (Å²) in [5.74, 6) is -1.39. The molecule has 0 aliphatic carbocycles. The number of carbonyl (C=O) groups excluding carboxylic acids is 2. The molecule has 0 saturated carbocycles. The summed E-state index contributed by atoms with van der Waals surface area (Å²) in [7, 11) is -1.01. The fourth-order valence-corrected chi connectivity index (χ4v) is 1.65. The summed E-state index contributed by atoms with van der Waals surface area (Å²) >= 11 is 0. The zero-order valence-electron chi connectivity index (χ0n) is 9.97. The third kappa shape index (κ3) is 7.60. The predicted molar refractivity (Wildman–Crippen MR) is 65.3 cm³/mol. The highest BCUT2D eigenvalue weighted by atomic mass is 32.2. The van der Waals surface area contributed by atoms with E-state index in [4.69, 9.17) is 10.8 Å². The minimum atomic E-state index is -1.36. The zero-order chi connectivity index (χ0) is 14.1. The summed E-state index contributed by atoms with van der Waals surface area (Å²) < 4.78 is 11.1. The first-order chi connectivity index (χ1) is 8.36. The Morgan fingerprint density at radius 3 is 2.44 bits per heavy atom. The molecular formula is C9H17N3O5S. The first-order valence-corrected chi connectivity index (χ1v) is 6.76. The average molecular weight is 279 g/mol. The van der Waals surface area contributed by atoms with Crippen LogP contribution in [0.3, 0.4) is 0 Å². The fraction of sp³-hybridized carbons (Fsp3) is 0.667. The van der Waals surface area contributed by atoms with E-state index in [1.165, 1.54) is 0 Å². The summed E-state index contributed by atoms with van der Waals surface area (Å²) in [4.78, 5) is 32.6. The van der Waals surface area contributed by atoms with Gasteiger partial charge in [0.1, 0.15) is 6.04 Å². The summed E-state index contributed by atoms with van der Waals surface area (Å²) in [5.41, 5.74) is 4.85. The molecule has 0 rings (SSSR count). The second kappa shape index (κ2) is 8.45. The smallest absolute Gasteiger partial charge is 0.326 e. The quantitative estimate of drug-likeness (QED) is 0.423. The Labute approximate surface area is 107 Å². The SMILES string of the molecule is CCS(=O)CCNC(=O)NC(CC(N)=O)C(=O)O. The van der Waals surface area contributed by atoms with E-state index in [1.54, 1.807) is 6.92 Å². The van der Waals surface area contributed by atoms with Crippen LogP contribution in [-0.2, 0) is 20.4 Å². The van der Waals surface area contributed by atoms with Crippen LogP contribution in [0.4, 0.5) is 4.79 Å². The largest absolute Gasteiger partial charge is 0.480 e. The van der Waals surface area contributed by atoms with Crippen molar-refractivity contribution in [2.24, 2.45) is 5.73 Å². The number of hydrogen-bond acceptors (Lipinski definition) is 4. The van der Waals surface area contributed by atoms with Crippen molar-refractivity contribution in [1.82, 2.24) is 10.6 Å². The van der Waals surface area contributed by atoms with Crippen molar-refractivity contribution in [3.05, 3.63) is 0 Å². The van der Waals surface area contributed by atoms with E-state index in [-0.39, 0.29) is 12.3 Å². The number of carboxylic acids is 1. The van der Waals surface area contributed by atoms with Crippen LogP contribution in [-0.4, -0.2) is 51.3 Å². The molecule has 0 aliphatic rings. The van der Waals surface area contributed by atoms with E-state index in [2.05, 4.69) is 10.6 Å². The van der Waals surface area contributed by atoms with E-state index in [0.717, 1.165) is 0 Å². The molecule has 0 heterocycles. The van der Waals surface area contributed by atoms with E-state index < -0.39 is 41.2 Å². The summed E-state index contributed by atoms with van der Waals surface area (Å²) in [6, 6.07) is -2.10. The molecule has 2 unspecified atom stereocenters. The van der Waals surface area contributed by atoms with Crippen LogP contribution in [0.15, 0.2) is 0 Å². The predicted octanol–water partition coefficient (Wildman–Crippen LogP) is -1.62. The lowest BCUT2D eigenvalue weighted by Gasteiger charge is -2.13. The molecule has 0 aromatic heterocycles. The summed E-state index contributed by atoms with van der Waals surface area (Å²) in [6.07, 6.45) is -0.482. The van der Waals surface area contributed by atoms with Crippen LogP contribution in [0.25, 0.3) is 0 Å². The molecule has 9 heteroatoms. The van der Waals surface area contributed by atoms with Crippen molar-refractivity contribution in [3.8, 4) is 0 Å². The minimum absolute atomic E-state index is 0.162. The van der Waals surface area contributed by atoms with Gasteiger partial charge in [0.2, 0.25) is 5.91 Å². The van der Waals surface area contributed by atoms with Crippen LogP contribution in [0.2, 0.25) is 0 Å². The molecule has 0 radical (unpaired) electrons. The molecule has 0 saturated heterocycles. The number of primary amides is 1. The molecular weight excluding hydrogens is 262 g/mol. The third-order valence-corrected chi connectivity index (χ3v) is 3.25. The number of nitrogens with two attached hydrogens (primary N) is 1. The Bertz CT molecular complexity index is 347. The number of amides is 3. The van der Waals surface area contributed by atoms with Gasteiger partial charge >= 0.3 is 12.0 Å². The second-order valence-corrected chi connectivity index (χ2v) is 5.26. The van der Waals surface area contributed by atoms with Crippen LogP contribution in [0, 0.1) is 0 Å². The zero-order valence-corrected chi connectivity index (χ0v) is 10.8. The van der Waals surface area contributed by atoms with Gasteiger partial charge in [0.15, 0.2) is 0 Å². The van der Waals surface area contributed by atoms with E-state index >= 15 is 0 Å². The molecule has 0 aliphatic heterocycles. The topological polar surface area (TPSA) is 139 Å². The third-order valence-electron chi connectivity index (χ3n) is 1.95. The van der Waals surface area contributed by atoms with Crippen molar-refractivity contribution in [3.63, 3.8) is 0 Å². The van der Waals surface area contributed by atoms with Crippen molar-refractivity contribution in [2.75, 3.05) is 18.1 Å². The lowest BCUT2D eigenvalue weighted by molar-refractivity contribution is -0.140. The lowest BCUT2D eigenvalue weighted by Crippen LogP contribution is -2.48. The number of nitrogens with one attached hydrogen (secondary N) is 2. The van der Waals surface area contributed by atoms with Crippen molar-refractivity contribution in [1.29, 1.82) is 0 Å². The Kier molecular flexibility index (Phi) is 7.68. The summed E-state index contributed by atoms with van der Waals surface area (Å²) in [6.45, 7) is 1.92. The number of carboxylic acid groups (broad SMARTS) is 1. The molecule has 2 atom stereocenters. The number of rotatable bonds is 8. The molecule has 0 spiro atoms. The average Bonchev–Trinajstić information content (AvgIpc) is 2.27. The van der Waals surface area contributed by atoms with Crippen molar-refractivity contribution in [2.45, 2.75) is 19.4 Å². The Balaban J connectivity index is 4.06. The highest BCUT2D eigenvalue weighted by Crippen LogP contribution is 1.91. The van der Waals surface area contributed by atoms with Gasteiger partial charge in [-0.15, -0.1) is 0 Å². The van der Waals surface area contributed by atoms with Crippen LogP contribution >= 0.6 is 0 Å². The standard InChI is InChI=1S/C9H17N3O5S/c1-2-18(17)4-3-11-9(16)12-6(8(14)15)5-7(10)13/h6H,2-5H2,1H3,(H2,10,13)(H,14,15)(H2,11,12,16). The van der Waals surface area contributed by atoms with Crippen LogP contribution in [0.1, 0.15) is 13.3 Å². The van der Waals surface area contributed by atoms with Gasteiger partial charge in [0, 0.05) is 28.9 Å². The molecule has 8 nitrogen and oxygen atoms in total. The first-order valence-electron chi connectivity index (χ1n) is 5.27. The van der Waals surface area contributed by atoms with Gasteiger partial charge in [-0.25, -0.2) is 9.59 Å². The van der Waals surface area contributed by atoms with E-state index in [9.17, 15) is 18.6 Å². The number of hydrogen-bond donors (Lipinski definition) is 4. The van der Waals surface area contributed by atoms with Gasteiger partial charge in [-0.2, -0.15) is 0 Å². The van der Waals surface area contributed by atoms with Gasteiger partial charge in [-0.05, 0) is 0 Å². The van der Waals surface area contributed by atoms with E-state index in [0.29, 0.717) is 5.75 Å². The molecule has 3 amide bonds. The van der Waals surface area contributed by atoms with Gasteiger partial charge in [0.05, 0.1) is 6.42 Å². The normalized spacial score (nSPS) is 13.4. The Morgan fingerprint density at radius 1 is 1.39 bits per heavy atom. The van der Waals surface area contributed by atoms with Gasteiger partial charge in [0.25, 0.3) is 0 Å². The molecule has 0 aromatic rings. The minimum Gasteiger partial charge on any atom is -0.480 e. The number of aliphatic carboxylic acids is 1. The van der Waals surface area contributed by atoms with Crippen molar-refractivity contribution >= 4 is 28.7 Å². The van der Waals surface area contributed by atoms with Gasteiger partial charge in [-0.1, -0.05) is 6.92 Å². The van der Waals surface area contributed by atoms with Crippen LogP contribution in [0.5, 0.6) is 0 Å². The monoisotopic (exact) mass is 279 g/mol. The lowest BCUT2D eigenvalue weighted by atomic mass is 10.2. The van der Waals surface area contributed by atoms with Crippen LogP contribution < -0.4 is 16.4 Å². The molecule has 0 aromatic carbocycles. The Hall–Kier alpha value is -1.64. The maximum Gasteiger partial charge on any atom is 0.326 e. The summed E-state index contributed by atoms with van der Waals surface area (Å²) in [5, 5.41) is 13.2. The highest BCUT2D eigenvalue weighted by Gasteiger charge is 2.21. The second-order valence-electron chi connectivity index (χ2n) is 3.39. The van der Waals surface area contributed by atoms with E-state index in [1.807, 2.05) is 0 Å². The highest BCUT2D eigenvalue weighted by molar-refractivity contribution is 7.84. The molecule has 0 bridgehead atoms. The molecule has 0 fully saturated rings. The fourth-order valence-electron chi connectivity index (χ4n) is 1.03. The first kappa shape index (κ1) is 16.4. The molecule has 104 valence electrons.